The quantitative estimate of drug-likeness (QED) is 0.600. The van der Waals surface area contributed by atoms with Crippen molar-refractivity contribution in [3.63, 3.8) is 0 Å². The molecule has 0 saturated carbocycles. The summed E-state index contributed by atoms with van der Waals surface area (Å²) in [5, 5.41) is 10.9. The molecule has 0 aromatic heterocycles. The number of ether oxygens (including phenoxy) is 2. The Kier molecular flexibility index (Phi) is 4.03. The average molecular weight is 241 g/mol. The van der Waals surface area contributed by atoms with Gasteiger partial charge in [-0.2, -0.15) is 4.39 Å². The number of benzene rings is 1. The summed E-state index contributed by atoms with van der Waals surface area (Å²) in [4.78, 5) is 10.2. The van der Waals surface area contributed by atoms with E-state index in [0.29, 0.717) is 0 Å². The molecular weight excluding hydrogens is 229 g/mol. The molecule has 0 N–H and O–H groups in total. The van der Waals surface area contributed by atoms with Crippen molar-refractivity contribution in [2.45, 2.75) is 6.92 Å². The molecule has 0 spiro atoms. The van der Waals surface area contributed by atoms with Crippen molar-refractivity contribution in [1.29, 1.82) is 0 Å². The maximum absolute atomic E-state index is 13.7. The summed E-state index contributed by atoms with van der Waals surface area (Å²) in [6, 6.07) is 1.26. The van der Waals surface area contributed by atoms with Crippen LogP contribution in [0.5, 0.6) is 11.5 Å². The van der Waals surface area contributed by atoms with E-state index in [4.69, 9.17) is 9.47 Å². The second-order valence-corrected chi connectivity index (χ2v) is 3.12. The Hall–Kier alpha value is -2.11. The van der Waals surface area contributed by atoms with Crippen molar-refractivity contribution in [2.24, 2.45) is 0 Å². The van der Waals surface area contributed by atoms with Gasteiger partial charge in [0, 0.05) is 0 Å². The van der Waals surface area contributed by atoms with Crippen LogP contribution in [0.25, 0.3) is 6.08 Å². The zero-order chi connectivity index (χ0) is 13.0. The Morgan fingerprint density at radius 3 is 2.47 bits per heavy atom. The molecule has 0 unspecified atom stereocenters. The molecule has 0 saturated heterocycles. The molecule has 1 aromatic carbocycles. The summed E-state index contributed by atoms with van der Waals surface area (Å²) in [5.41, 5.74) is -0.184. The summed E-state index contributed by atoms with van der Waals surface area (Å²) in [6.07, 6.45) is 3.10. The van der Waals surface area contributed by atoms with Crippen molar-refractivity contribution < 1.29 is 18.8 Å². The number of rotatable bonds is 4. The highest BCUT2D eigenvalue weighted by atomic mass is 19.1. The summed E-state index contributed by atoms with van der Waals surface area (Å²) in [6.45, 7) is 1.70. The molecule has 0 heterocycles. The van der Waals surface area contributed by atoms with Gasteiger partial charge in [0.25, 0.3) is 0 Å². The fourth-order valence-electron chi connectivity index (χ4n) is 1.45. The van der Waals surface area contributed by atoms with Crippen molar-refractivity contribution in [3.05, 3.63) is 33.6 Å². The SMILES string of the molecule is C/C=C/c1cc(OC)c(F)c(OC)c1[N+](=O)[O-]. The van der Waals surface area contributed by atoms with Gasteiger partial charge in [-0.15, -0.1) is 0 Å². The van der Waals surface area contributed by atoms with E-state index in [1.807, 2.05) is 0 Å². The number of allylic oxidation sites excluding steroid dienone is 1. The molecule has 0 atom stereocenters. The zero-order valence-corrected chi connectivity index (χ0v) is 9.69. The highest BCUT2D eigenvalue weighted by Gasteiger charge is 2.27. The first kappa shape index (κ1) is 13.0. The van der Waals surface area contributed by atoms with Crippen molar-refractivity contribution in [1.82, 2.24) is 0 Å². The largest absolute Gasteiger partial charge is 0.494 e. The first-order chi connectivity index (χ1) is 8.06. The van der Waals surface area contributed by atoms with Gasteiger partial charge >= 0.3 is 5.69 Å². The van der Waals surface area contributed by atoms with Crippen LogP contribution < -0.4 is 9.47 Å². The molecule has 0 aliphatic heterocycles. The fraction of sp³-hybridized carbons (Fsp3) is 0.273. The molecule has 92 valence electrons. The van der Waals surface area contributed by atoms with E-state index in [2.05, 4.69) is 0 Å². The monoisotopic (exact) mass is 241 g/mol. The first-order valence-corrected chi connectivity index (χ1v) is 4.78. The Morgan fingerprint density at radius 2 is 2.06 bits per heavy atom. The van der Waals surface area contributed by atoms with Gasteiger partial charge in [-0.05, 0) is 13.0 Å². The van der Waals surface area contributed by atoms with Crippen molar-refractivity contribution in [3.8, 4) is 11.5 Å². The van der Waals surface area contributed by atoms with Crippen LogP contribution in [-0.4, -0.2) is 19.1 Å². The summed E-state index contributed by atoms with van der Waals surface area (Å²) < 4.78 is 23.3. The summed E-state index contributed by atoms with van der Waals surface area (Å²) in [7, 11) is 2.45. The lowest BCUT2D eigenvalue weighted by Gasteiger charge is -2.09. The lowest BCUT2D eigenvalue weighted by atomic mass is 10.1. The number of hydrogen-bond acceptors (Lipinski definition) is 4. The second kappa shape index (κ2) is 5.29. The molecule has 6 heteroatoms. The summed E-state index contributed by atoms with van der Waals surface area (Å²) in [5.74, 6) is -1.40. The van der Waals surface area contributed by atoms with Crippen molar-refractivity contribution >= 4 is 11.8 Å². The third-order valence-corrected chi connectivity index (χ3v) is 2.14. The van der Waals surface area contributed by atoms with Gasteiger partial charge in [-0.1, -0.05) is 12.2 Å². The van der Waals surface area contributed by atoms with Crippen LogP contribution in [0.4, 0.5) is 10.1 Å². The molecule has 1 aromatic rings. The molecule has 5 nitrogen and oxygen atoms in total. The minimum Gasteiger partial charge on any atom is -0.494 e. The number of nitro benzene ring substituents is 1. The zero-order valence-electron chi connectivity index (χ0n) is 9.69. The van der Waals surface area contributed by atoms with E-state index < -0.39 is 22.2 Å². The van der Waals surface area contributed by atoms with E-state index >= 15 is 0 Å². The number of halogens is 1. The minimum absolute atomic E-state index is 0.0967. The molecule has 17 heavy (non-hydrogen) atoms. The Labute approximate surface area is 97.6 Å². The Morgan fingerprint density at radius 1 is 1.41 bits per heavy atom. The topological polar surface area (TPSA) is 61.6 Å². The second-order valence-electron chi connectivity index (χ2n) is 3.12. The van der Waals surface area contributed by atoms with E-state index in [1.165, 1.54) is 26.4 Å². The van der Waals surface area contributed by atoms with Crippen LogP contribution in [0.2, 0.25) is 0 Å². The molecule has 0 amide bonds. The molecule has 0 aliphatic rings. The highest BCUT2D eigenvalue weighted by molar-refractivity contribution is 5.69. The average Bonchev–Trinajstić information content (AvgIpc) is 2.30. The predicted octanol–water partition coefficient (Wildman–Crippen LogP) is 2.78. The smallest absolute Gasteiger partial charge is 0.321 e. The lowest BCUT2D eigenvalue weighted by molar-refractivity contribution is -0.386. The number of nitrogens with zero attached hydrogens (tertiary/aromatic N) is 1. The molecule has 0 aliphatic carbocycles. The van der Waals surface area contributed by atoms with Crippen LogP contribution in [0.1, 0.15) is 12.5 Å². The van der Waals surface area contributed by atoms with Gasteiger partial charge in [-0.25, -0.2) is 0 Å². The van der Waals surface area contributed by atoms with Crippen LogP contribution in [-0.2, 0) is 0 Å². The molecule has 0 fully saturated rings. The number of hydrogen-bond donors (Lipinski definition) is 0. The van der Waals surface area contributed by atoms with Gasteiger partial charge in [0.1, 0.15) is 0 Å². The summed E-state index contributed by atoms with van der Waals surface area (Å²) >= 11 is 0. The van der Waals surface area contributed by atoms with Gasteiger partial charge < -0.3 is 9.47 Å². The van der Waals surface area contributed by atoms with Crippen LogP contribution >= 0.6 is 0 Å². The maximum atomic E-state index is 13.7. The van der Waals surface area contributed by atoms with E-state index in [1.54, 1.807) is 13.0 Å². The van der Waals surface area contributed by atoms with E-state index in [0.717, 1.165) is 0 Å². The molecule has 1 rings (SSSR count). The third kappa shape index (κ3) is 2.35. The molecular formula is C11H12FNO4. The van der Waals surface area contributed by atoms with E-state index in [-0.39, 0.29) is 11.3 Å². The number of methoxy groups -OCH3 is 2. The maximum Gasteiger partial charge on any atom is 0.321 e. The van der Waals surface area contributed by atoms with Gasteiger partial charge in [0.05, 0.1) is 24.7 Å². The number of nitro groups is 1. The first-order valence-electron chi connectivity index (χ1n) is 4.78. The predicted molar refractivity (Wildman–Crippen MR) is 60.9 cm³/mol. The minimum atomic E-state index is -0.880. The van der Waals surface area contributed by atoms with Gasteiger partial charge in [0.15, 0.2) is 5.75 Å². The lowest BCUT2D eigenvalue weighted by Crippen LogP contribution is -2.01. The Balaban J connectivity index is 3.63. The van der Waals surface area contributed by atoms with Crippen LogP contribution in [0, 0.1) is 15.9 Å². The van der Waals surface area contributed by atoms with Gasteiger partial charge in [0.2, 0.25) is 11.6 Å². The molecule has 0 bridgehead atoms. The third-order valence-electron chi connectivity index (χ3n) is 2.14. The van der Waals surface area contributed by atoms with Crippen LogP contribution in [0.15, 0.2) is 12.1 Å². The molecule has 0 radical (unpaired) electrons. The van der Waals surface area contributed by atoms with Crippen LogP contribution in [0.3, 0.4) is 0 Å². The normalized spacial score (nSPS) is 10.6. The highest BCUT2D eigenvalue weighted by Crippen LogP contribution is 2.39. The van der Waals surface area contributed by atoms with E-state index in [9.17, 15) is 14.5 Å². The Bertz CT molecular complexity index is 471. The standard InChI is InChI=1S/C11H12FNO4/c1-4-5-7-6-8(16-2)9(12)11(17-3)10(7)13(14)15/h4-6H,1-3H3/b5-4+. The van der Waals surface area contributed by atoms with Crippen molar-refractivity contribution in [2.75, 3.05) is 14.2 Å². The fourth-order valence-corrected chi connectivity index (χ4v) is 1.45. The van der Waals surface area contributed by atoms with Gasteiger partial charge in [-0.3, -0.25) is 10.1 Å².